The number of nitrogens with zero attached hydrogens (tertiary/aromatic N) is 1. The van der Waals surface area contributed by atoms with Gasteiger partial charge in [-0.15, -0.1) is 0 Å². The van der Waals surface area contributed by atoms with Crippen LogP contribution in [0.5, 0.6) is 0 Å². The minimum atomic E-state index is 0.539. The number of fused-ring (bicyclic) bond motifs is 1. The number of aliphatic imine (C=N–C) groups is 1. The average molecular weight is 200 g/mol. The van der Waals surface area contributed by atoms with Gasteiger partial charge in [-0.05, 0) is 30.4 Å². The van der Waals surface area contributed by atoms with Crippen LogP contribution in [0.25, 0.3) is 0 Å². The van der Waals surface area contributed by atoms with Gasteiger partial charge < -0.3 is 5.32 Å². The Balaban J connectivity index is 1.98. The summed E-state index contributed by atoms with van der Waals surface area (Å²) in [5.41, 5.74) is 3.02. The first-order chi connectivity index (χ1) is 7.45. The minimum Gasteiger partial charge on any atom is -0.371 e. The van der Waals surface area contributed by atoms with E-state index in [2.05, 4.69) is 34.6 Å². The fourth-order valence-corrected chi connectivity index (χ4v) is 2.69. The van der Waals surface area contributed by atoms with Gasteiger partial charge >= 0.3 is 0 Å². The molecule has 15 heavy (non-hydrogen) atoms. The van der Waals surface area contributed by atoms with Crippen molar-refractivity contribution in [2.75, 3.05) is 13.1 Å². The maximum absolute atomic E-state index is 4.56. The van der Waals surface area contributed by atoms with Crippen molar-refractivity contribution in [2.24, 2.45) is 4.99 Å². The van der Waals surface area contributed by atoms with E-state index in [0.29, 0.717) is 5.92 Å². The molecule has 0 aromatic heterocycles. The van der Waals surface area contributed by atoms with Gasteiger partial charge in [-0.25, -0.2) is 0 Å². The Morgan fingerprint density at radius 2 is 2.20 bits per heavy atom. The molecule has 0 fully saturated rings. The summed E-state index contributed by atoms with van der Waals surface area (Å²) in [6, 6.07) is 8.82. The van der Waals surface area contributed by atoms with Gasteiger partial charge in [0, 0.05) is 12.5 Å². The van der Waals surface area contributed by atoms with E-state index in [1.807, 2.05) is 0 Å². The normalized spacial score (nSPS) is 24.3. The lowest BCUT2D eigenvalue weighted by atomic mass is 9.82. The van der Waals surface area contributed by atoms with Gasteiger partial charge in [0.15, 0.2) is 0 Å². The van der Waals surface area contributed by atoms with Gasteiger partial charge in [-0.2, -0.15) is 0 Å². The quantitative estimate of drug-likeness (QED) is 0.737. The third kappa shape index (κ3) is 1.54. The summed E-state index contributed by atoms with van der Waals surface area (Å²) in [4.78, 5) is 4.56. The molecular weight excluding hydrogens is 184 g/mol. The van der Waals surface area contributed by atoms with Crippen molar-refractivity contribution in [1.82, 2.24) is 5.32 Å². The third-order valence-corrected chi connectivity index (χ3v) is 3.40. The molecule has 0 unspecified atom stereocenters. The zero-order valence-corrected chi connectivity index (χ0v) is 8.87. The second-order valence-electron chi connectivity index (χ2n) is 4.34. The fourth-order valence-electron chi connectivity index (χ4n) is 2.69. The highest BCUT2D eigenvalue weighted by Crippen LogP contribution is 2.32. The highest BCUT2D eigenvalue weighted by atomic mass is 15.1. The standard InChI is InChI=1S/C13H16N2/c1-2-6-11-10(4-1)5-3-7-12(11)13-14-8-9-15-13/h1-2,4,6,12H,3,5,7-9H2,(H,14,15)/t12-/m1/s1. The SMILES string of the molecule is c1ccc2c(c1)CCC[C@H]2C1=NCCN1. The second kappa shape index (κ2) is 3.69. The molecule has 0 saturated carbocycles. The third-order valence-electron chi connectivity index (χ3n) is 3.40. The van der Waals surface area contributed by atoms with Gasteiger partial charge in [0.25, 0.3) is 0 Å². The summed E-state index contributed by atoms with van der Waals surface area (Å²) in [5, 5.41) is 3.42. The minimum absolute atomic E-state index is 0.539. The van der Waals surface area contributed by atoms with E-state index in [9.17, 15) is 0 Å². The smallest absolute Gasteiger partial charge is 0.104 e. The highest BCUT2D eigenvalue weighted by molar-refractivity contribution is 5.90. The number of aryl methyl sites for hydroxylation is 1. The Bertz CT molecular complexity index is 395. The van der Waals surface area contributed by atoms with Crippen LogP contribution in [0.15, 0.2) is 29.3 Å². The number of amidine groups is 1. The number of rotatable bonds is 1. The Morgan fingerprint density at radius 1 is 1.27 bits per heavy atom. The number of hydrogen-bond donors (Lipinski definition) is 1. The van der Waals surface area contributed by atoms with E-state index in [-0.39, 0.29) is 0 Å². The van der Waals surface area contributed by atoms with Crippen molar-refractivity contribution in [1.29, 1.82) is 0 Å². The second-order valence-corrected chi connectivity index (χ2v) is 4.34. The molecule has 0 radical (unpaired) electrons. The molecule has 1 aliphatic heterocycles. The predicted octanol–water partition coefficient (Wildman–Crippen LogP) is 2.11. The number of hydrogen-bond acceptors (Lipinski definition) is 2. The first kappa shape index (κ1) is 8.96. The summed E-state index contributed by atoms with van der Waals surface area (Å²) in [6.07, 6.45) is 3.78. The summed E-state index contributed by atoms with van der Waals surface area (Å²) in [7, 11) is 0. The molecule has 1 aliphatic carbocycles. The molecule has 0 saturated heterocycles. The van der Waals surface area contributed by atoms with Crippen LogP contribution in [0.1, 0.15) is 29.9 Å². The van der Waals surface area contributed by atoms with Crippen molar-refractivity contribution in [3.8, 4) is 0 Å². The molecule has 0 bridgehead atoms. The Labute approximate surface area is 90.4 Å². The van der Waals surface area contributed by atoms with Gasteiger partial charge in [0.05, 0.1) is 6.54 Å². The Morgan fingerprint density at radius 3 is 3.07 bits per heavy atom. The van der Waals surface area contributed by atoms with Crippen LogP contribution in [0.3, 0.4) is 0 Å². The van der Waals surface area contributed by atoms with Crippen LogP contribution in [0.2, 0.25) is 0 Å². The fraction of sp³-hybridized carbons (Fsp3) is 0.462. The monoisotopic (exact) mass is 200 g/mol. The van der Waals surface area contributed by atoms with Crippen LogP contribution in [-0.2, 0) is 6.42 Å². The largest absolute Gasteiger partial charge is 0.371 e. The zero-order valence-electron chi connectivity index (χ0n) is 8.87. The lowest BCUT2D eigenvalue weighted by Crippen LogP contribution is -2.28. The van der Waals surface area contributed by atoms with Gasteiger partial charge in [-0.1, -0.05) is 24.3 Å². The van der Waals surface area contributed by atoms with E-state index < -0.39 is 0 Å². The summed E-state index contributed by atoms with van der Waals surface area (Å²) in [6.45, 7) is 1.97. The molecule has 0 amide bonds. The molecule has 1 heterocycles. The lowest BCUT2D eigenvalue weighted by Gasteiger charge is -2.25. The molecule has 78 valence electrons. The van der Waals surface area contributed by atoms with Crippen LogP contribution < -0.4 is 5.32 Å². The van der Waals surface area contributed by atoms with E-state index in [4.69, 9.17) is 0 Å². The molecular formula is C13H16N2. The van der Waals surface area contributed by atoms with Crippen molar-refractivity contribution in [3.63, 3.8) is 0 Å². The molecule has 1 atom stereocenters. The van der Waals surface area contributed by atoms with E-state index in [1.165, 1.54) is 36.2 Å². The Hall–Kier alpha value is -1.31. The highest BCUT2D eigenvalue weighted by Gasteiger charge is 2.25. The summed E-state index contributed by atoms with van der Waals surface area (Å²) >= 11 is 0. The average Bonchev–Trinajstić information content (AvgIpc) is 2.82. The van der Waals surface area contributed by atoms with Crippen molar-refractivity contribution < 1.29 is 0 Å². The number of nitrogens with one attached hydrogen (secondary N) is 1. The number of benzene rings is 1. The van der Waals surface area contributed by atoms with Crippen LogP contribution >= 0.6 is 0 Å². The van der Waals surface area contributed by atoms with Gasteiger partial charge in [0.1, 0.15) is 5.84 Å². The van der Waals surface area contributed by atoms with Gasteiger partial charge in [-0.3, -0.25) is 4.99 Å². The molecule has 2 nitrogen and oxygen atoms in total. The molecule has 1 aromatic rings. The lowest BCUT2D eigenvalue weighted by molar-refractivity contribution is 0.641. The van der Waals surface area contributed by atoms with Crippen LogP contribution in [-0.4, -0.2) is 18.9 Å². The topological polar surface area (TPSA) is 24.4 Å². The molecule has 2 aliphatic rings. The van der Waals surface area contributed by atoms with E-state index in [1.54, 1.807) is 0 Å². The van der Waals surface area contributed by atoms with E-state index in [0.717, 1.165) is 13.1 Å². The summed E-state index contributed by atoms with van der Waals surface area (Å²) in [5.74, 6) is 1.76. The van der Waals surface area contributed by atoms with E-state index >= 15 is 0 Å². The maximum atomic E-state index is 4.56. The first-order valence-electron chi connectivity index (χ1n) is 5.81. The van der Waals surface area contributed by atoms with Crippen molar-refractivity contribution >= 4 is 5.84 Å². The first-order valence-corrected chi connectivity index (χ1v) is 5.81. The van der Waals surface area contributed by atoms with Crippen molar-refractivity contribution in [2.45, 2.75) is 25.2 Å². The molecule has 0 spiro atoms. The molecule has 3 rings (SSSR count). The van der Waals surface area contributed by atoms with Crippen LogP contribution in [0.4, 0.5) is 0 Å². The molecule has 1 aromatic carbocycles. The maximum Gasteiger partial charge on any atom is 0.104 e. The van der Waals surface area contributed by atoms with Gasteiger partial charge in [0.2, 0.25) is 0 Å². The molecule has 2 heteroatoms. The van der Waals surface area contributed by atoms with Crippen molar-refractivity contribution in [3.05, 3.63) is 35.4 Å². The molecule has 1 N–H and O–H groups in total. The zero-order chi connectivity index (χ0) is 10.1. The van der Waals surface area contributed by atoms with Crippen LogP contribution in [0, 0.1) is 0 Å². The Kier molecular flexibility index (Phi) is 2.20. The predicted molar refractivity (Wildman–Crippen MR) is 62.4 cm³/mol. The summed E-state index contributed by atoms with van der Waals surface area (Å²) < 4.78 is 0.